The van der Waals surface area contributed by atoms with Crippen LogP contribution in [0.4, 0.5) is 5.69 Å². The zero-order chi connectivity index (χ0) is 16.4. The molecule has 1 saturated heterocycles. The van der Waals surface area contributed by atoms with Crippen LogP contribution in [0.15, 0.2) is 29.6 Å². The maximum Gasteiger partial charge on any atom is 0.227 e. The molecule has 1 atom stereocenters. The fraction of sp³-hybridized carbons (Fsp3) is 0.312. The highest BCUT2D eigenvalue weighted by atomic mass is 35.5. The molecule has 1 aromatic heterocycles. The molecule has 2 aromatic rings. The van der Waals surface area contributed by atoms with Crippen LogP contribution in [0.25, 0.3) is 0 Å². The van der Waals surface area contributed by atoms with E-state index in [0.717, 1.165) is 10.7 Å². The second-order valence-corrected chi connectivity index (χ2v) is 6.81. The normalized spacial score (nSPS) is 17.6. The molecule has 0 bridgehead atoms. The van der Waals surface area contributed by atoms with Gasteiger partial charge in [-0.25, -0.2) is 4.98 Å². The first kappa shape index (κ1) is 16.0. The number of aryl methyl sites for hydroxylation is 1. The number of halogens is 1. The van der Waals surface area contributed by atoms with E-state index in [9.17, 15) is 9.59 Å². The fourth-order valence-corrected chi connectivity index (χ4v) is 3.53. The average Bonchev–Trinajstić information content (AvgIpc) is 3.11. The molecule has 2 heterocycles. The predicted octanol–water partition coefficient (Wildman–Crippen LogP) is 2.77. The van der Waals surface area contributed by atoms with Gasteiger partial charge in [-0.15, -0.1) is 11.3 Å². The molecule has 120 valence electrons. The summed E-state index contributed by atoms with van der Waals surface area (Å²) in [7, 11) is 0. The predicted molar refractivity (Wildman–Crippen MR) is 90.6 cm³/mol. The first-order valence-corrected chi connectivity index (χ1v) is 8.54. The number of thiazole rings is 1. The maximum absolute atomic E-state index is 12.3. The van der Waals surface area contributed by atoms with Gasteiger partial charge in [-0.3, -0.25) is 9.59 Å². The van der Waals surface area contributed by atoms with Crippen molar-refractivity contribution in [3.8, 4) is 0 Å². The Balaban J connectivity index is 1.63. The number of para-hydroxylation sites is 1. The Hall–Kier alpha value is -1.92. The van der Waals surface area contributed by atoms with Gasteiger partial charge in [0, 0.05) is 24.0 Å². The lowest BCUT2D eigenvalue weighted by atomic mass is 10.1. The van der Waals surface area contributed by atoms with Crippen molar-refractivity contribution in [2.24, 2.45) is 5.92 Å². The zero-order valence-electron chi connectivity index (χ0n) is 12.6. The maximum atomic E-state index is 12.3. The molecule has 0 saturated carbocycles. The highest BCUT2D eigenvalue weighted by Gasteiger charge is 2.35. The van der Waals surface area contributed by atoms with Gasteiger partial charge < -0.3 is 10.2 Å². The molecular formula is C16H16ClN3O2S. The number of nitrogens with one attached hydrogen (secondary N) is 1. The number of anilines is 1. The number of benzene rings is 1. The van der Waals surface area contributed by atoms with Gasteiger partial charge in [0.25, 0.3) is 0 Å². The smallest absolute Gasteiger partial charge is 0.227 e. The highest BCUT2D eigenvalue weighted by Crippen LogP contribution is 2.31. The molecular weight excluding hydrogens is 334 g/mol. The summed E-state index contributed by atoms with van der Waals surface area (Å²) >= 11 is 7.65. The van der Waals surface area contributed by atoms with Crippen molar-refractivity contribution in [2.45, 2.75) is 19.9 Å². The Morgan fingerprint density at radius 2 is 2.26 bits per heavy atom. The number of amides is 2. The molecule has 1 aromatic carbocycles. The summed E-state index contributed by atoms with van der Waals surface area (Å²) in [5, 5.41) is 6.18. The topological polar surface area (TPSA) is 62.3 Å². The summed E-state index contributed by atoms with van der Waals surface area (Å²) in [6, 6.07) is 7.17. The van der Waals surface area contributed by atoms with Gasteiger partial charge in [0.1, 0.15) is 5.01 Å². The van der Waals surface area contributed by atoms with E-state index in [2.05, 4.69) is 10.3 Å². The molecule has 0 unspecified atom stereocenters. The van der Waals surface area contributed by atoms with Crippen molar-refractivity contribution < 1.29 is 9.59 Å². The molecule has 1 aliphatic rings. The second kappa shape index (κ2) is 6.68. The van der Waals surface area contributed by atoms with Crippen LogP contribution in [-0.4, -0.2) is 23.3 Å². The summed E-state index contributed by atoms with van der Waals surface area (Å²) in [6.45, 7) is 2.67. The van der Waals surface area contributed by atoms with Crippen molar-refractivity contribution in [3.05, 3.63) is 45.4 Å². The van der Waals surface area contributed by atoms with Crippen LogP contribution in [-0.2, 0) is 16.1 Å². The van der Waals surface area contributed by atoms with Gasteiger partial charge in [0.05, 0.1) is 23.2 Å². The molecule has 0 aliphatic carbocycles. The van der Waals surface area contributed by atoms with Gasteiger partial charge >= 0.3 is 0 Å². The van der Waals surface area contributed by atoms with E-state index in [0.29, 0.717) is 23.8 Å². The molecule has 3 rings (SSSR count). The summed E-state index contributed by atoms with van der Waals surface area (Å²) < 4.78 is 0. The molecule has 0 radical (unpaired) electrons. The summed E-state index contributed by atoms with van der Waals surface area (Å²) in [5.41, 5.74) is 1.60. The molecule has 1 N–H and O–H groups in total. The number of hydrogen-bond acceptors (Lipinski definition) is 4. The standard InChI is InChI=1S/C16H16ClN3O2S/c1-10-9-23-14(19-10)7-18-16(22)11-6-15(21)20(8-11)13-5-3-2-4-12(13)17/h2-5,9,11H,6-8H2,1H3,(H,18,22)/t11-/m1/s1. The molecule has 5 nitrogen and oxygen atoms in total. The lowest BCUT2D eigenvalue weighted by Crippen LogP contribution is -2.32. The highest BCUT2D eigenvalue weighted by molar-refractivity contribution is 7.09. The minimum absolute atomic E-state index is 0.0802. The lowest BCUT2D eigenvalue weighted by Gasteiger charge is -2.17. The monoisotopic (exact) mass is 349 g/mol. The Bertz CT molecular complexity index is 746. The van der Waals surface area contributed by atoms with E-state index in [1.807, 2.05) is 24.4 Å². The van der Waals surface area contributed by atoms with Gasteiger partial charge in [-0.1, -0.05) is 23.7 Å². The van der Waals surface area contributed by atoms with Crippen LogP contribution >= 0.6 is 22.9 Å². The number of rotatable bonds is 4. The van der Waals surface area contributed by atoms with Crippen LogP contribution < -0.4 is 10.2 Å². The molecule has 1 fully saturated rings. The minimum Gasteiger partial charge on any atom is -0.349 e. The molecule has 1 aliphatic heterocycles. The number of carbonyl (C=O) groups excluding carboxylic acids is 2. The molecule has 2 amide bonds. The van der Waals surface area contributed by atoms with E-state index in [1.165, 1.54) is 11.3 Å². The van der Waals surface area contributed by atoms with Gasteiger partial charge in [-0.2, -0.15) is 0 Å². The van der Waals surface area contributed by atoms with Crippen molar-refractivity contribution >= 4 is 40.4 Å². The van der Waals surface area contributed by atoms with E-state index in [1.54, 1.807) is 17.0 Å². The van der Waals surface area contributed by atoms with E-state index in [4.69, 9.17) is 11.6 Å². The van der Waals surface area contributed by atoms with Crippen LogP contribution in [0.1, 0.15) is 17.1 Å². The first-order valence-electron chi connectivity index (χ1n) is 7.28. The Kier molecular flexibility index (Phi) is 4.63. The summed E-state index contributed by atoms with van der Waals surface area (Å²) in [5.74, 6) is -0.566. The molecule has 0 spiro atoms. The van der Waals surface area contributed by atoms with E-state index >= 15 is 0 Å². The molecule has 7 heteroatoms. The van der Waals surface area contributed by atoms with Crippen molar-refractivity contribution in [3.63, 3.8) is 0 Å². The van der Waals surface area contributed by atoms with Crippen molar-refractivity contribution in [1.29, 1.82) is 0 Å². The quantitative estimate of drug-likeness (QED) is 0.923. The third-order valence-electron chi connectivity index (χ3n) is 3.72. The van der Waals surface area contributed by atoms with E-state index < -0.39 is 0 Å². The first-order chi connectivity index (χ1) is 11.0. The Morgan fingerprint density at radius 1 is 1.48 bits per heavy atom. The van der Waals surface area contributed by atoms with Crippen LogP contribution in [0.2, 0.25) is 5.02 Å². The SMILES string of the molecule is Cc1csc(CNC(=O)[C@@H]2CC(=O)N(c3ccccc3Cl)C2)n1. The third-order valence-corrected chi connectivity index (χ3v) is 5.01. The number of aromatic nitrogens is 1. The Morgan fingerprint density at radius 3 is 2.96 bits per heavy atom. The summed E-state index contributed by atoms with van der Waals surface area (Å²) in [6.07, 6.45) is 0.202. The van der Waals surface area contributed by atoms with Crippen LogP contribution in [0.3, 0.4) is 0 Å². The van der Waals surface area contributed by atoms with Gasteiger partial charge in [-0.05, 0) is 19.1 Å². The average molecular weight is 350 g/mol. The van der Waals surface area contributed by atoms with Crippen molar-refractivity contribution in [2.75, 3.05) is 11.4 Å². The van der Waals surface area contributed by atoms with Crippen LogP contribution in [0, 0.1) is 12.8 Å². The number of nitrogens with zero attached hydrogens (tertiary/aromatic N) is 2. The van der Waals surface area contributed by atoms with Gasteiger partial charge in [0.2, 0.25) is 11.8 Å². The fourth-order valence-electron chi connectivity index (χ4n) is 2.58. The lowest BCUT2D eigenvalue weighted by molar-refractivity contribution is -0.126. The van der Waals surface area contributed by atoms with Crippen LogP contribution in [0.5, 0.6) is 0 Å². The number of hydrogen-bond donors (Lipinski definition) is 1. The number of carbonyl (C=O) groups is 2. The summed E-state index contributed by atoms with van der Waals surface area (Å²) in [4.78, 5) is 30.4. The van der Waals surface area contributed by atoms with Crippen molar-refractivity contribution in [1.82, 2.24) is 10.3 Å². The largest absolute Gasteiger partial charge is 0.349 e. The molecule has 23 heavy (non-hydrogen) atoms. The van der Waals surface area contributed by atoms with Gasteiger partial charge in [0.15, 0.2) is 0 Å². The third kappa shape index (κ3) is 3.54. The zero-order valence-corrected chi connectivity index (χ0v) is 14.2. The Labute approximate surface area is 143 Å². The minimum atomic E-state index is -0.361. The van der Waals surface area contributed by atoms with E-state index in [-0.39, 0.29) is 24.2 Å². The second-order valence-electron chi connectivity index (χ2n) is 5.46.